The van der Waals surface area contributed by atoms with Crippen molar-refractivity contribution >= 4 is 5.91 Å². The lowest BCUT2D eigenvalue weighted by Gasteiger charge is -2.21. The summed E-state index contributed by atoms with van der Waals surface area (Å²) >= 11 is 0. The number of amides is 1. The van der Waals surface area contributed by atoms with Gasteiger partial charge in [-0.2, -0.15) is 0 Å². The van der Waals surface area contributed by atoms with E-state index in [-0.39, 0.29) is 23.3 Å². The Labute approximate surface area is 123 Å². The molecule has 0 spiro atoms. The summed E-state index contributed by atoms with van der Waals surface area (Å²) in [6, 6.07) is 8.72. The van der Waals surface area contributed by atoms with Gasteiger partial charge in [0.15, 0.2) is 0 Å². The molecule has 1 saturated carbocycles. The normalized spacial score (nSPS) is 18.0. The first kappa shape index (κ1) is 15.1. The van der Waals surface area contributed by atoms with Crippen molar-refractivity contribution in [3.8, 4) is 0 Å². The van der Waals surface area contributed by atoms with Gasteiger partial charge >= 0.3 is 0 Å². The predicted octanol–water partition coefficient (Wildman–Crippen LogP) is 4.35. The molecule has 20 heavy (non-hydrogen) atoms. The van der Waals surface area contributed by atoms with E-state index in [2.05, 4.69) is 57.3 Å². The minimum absolute atomic E-state index is 0.0946. The van der Waals surface area contributed by atoms with E-state index < -0.39 is 0 Å². The summed E-state index contributed by atoms with van der Waals surface area (Å²) in [5.74, 6) is 0.473. The lowest BCUT2D eigenvalue weighted by atomic mass is 9.86. The summed E-state index contributed by atoms with van der Waals surface area (Å²) in [6.45, 7) is 8.72. The largest absolute Gasteiger partial charge is 0.349 e. The molecule has 0 bridgehead atoms. The van der Waals surface area contributed by atoms with E-state index in [9.17, 15) is 4.79 Å². The molecular formula is C18H27NO. The summed E-state index contributed by atoms with van der Waals surface area (Å²) < 4.78 is 0. The molecule has 1 fully saturated rings. The molecule has 1 amide bonds. The van der Waals surface area contributed by atoms with Crippen LogP contribution in [0.5, 0.6) is 0 Å². The van der Waals surface area contributed by atoms with E-state index in [0.717, 1.165) is 12.8 Å². The standard InChI is InChI=1S/C18H27NO/c1-13(19-17(20)15-7-5-6-8-15)14-9-11-16(12-10-14)18(2,3)4/h9-13,15H,5-8H2,1-4H3,(H,19,20)/t13-/m1/s1. The number of rotatable bonds is 3. The van der Waals surface area contributed by atoms with E-state index in [0.29, 0.717) is 0 Å². The molecule has 1 N–H and O–H groups in total. The molecule has 1 aliphatic rings. The van der Waals surface area contributed by atoms with Gasteiger partial charge in [-0.3, -0.25) is 4.79 Å². The number of nitrogens with one attached hydrogen (secondary N) is 1. The van der Waals surface area contributed by atoms with Crippen LogP contribution in [0.3, 0.4) is 0 Å². The first-order valence-electron chi connectivity index (χ1n) is 7.79. The fourth-order valence-electron chi connectivity index (χ4n) is 2.87. The first-order valence-corrected chi connectivity index (χ1v) is 7.79. The number of carbonyl (C=O) groups excluding carboxylic acids is 1. The van der Waals surface area contributed by atoms with Crippen LogP contribution in [0.25, 0.3) is 0 Å². The summed E-state index contributed by atoms with van der Waals surface area (Å²) in [6.07, 6.45) is 4.52. The molecular weight excluding hydrogens is 246 g/mol. The Morgan fingerprint density at radius 1 is 1.15 bits per heavy atom. The number of benzene rings is 1. The Kier molecular flexibility index (Phi) is 4.52. The fourth-order valence-corrected chi connectivity index (χ4v) is 2.87. The molecule has 0 heterocycles. The zero-order valence-corrected chi connectivity index (χ0v) is 13.2. The van der Waals surface area contributed by atoms with Crippen LogP contribution in [0.1, 0.15) is 70.5 Å². The van der Waals surface area contributed by atoms with Crippen molar-refractivity contribution in [1.29, 1.82) is 0 Å². The Morgan fingerprint density at radius 2 is 1.70 bits per heavy atom. The van der Waals surface area contributed by atoms with Crippen LogP contribution in [-0.2, 0) is 10.2 Å². The van der Waals surface area contributed by atoms with Crippen molar-refractivity contribution in [3.05, 3.63) is 35.4 Å². The lowest BCUT2D eigenvalue weighted by molar-refractivity contribution is -0.125. The molecule has 2 heteroatoms. The highest BCUT2D eigenvalue weighted by atomic mass is 16.1. The third-order valence-corrected chi connectivity index (χ3v) is 4.36. The summed E-state index contributed by atoms with van der Waals surface area (Å²) in [5.41, 5.74) is 2.69. The van der Waals surface area contributed by atoms with Crippen LogP contribution in [0.15, 0.2) is 24.3 Å². The van der Waals surface area contributed by atoms with Crippen molar-refractivity contribution in [3.63, 3.8) is 0 Å². The third-order valence-electron chi connectivity index (χ3n) is 4.36. The average Bonchev–Trinajstić information content (AvgIpc) is 2.91. The Hall–Kier alpha value is -1.31. The second-order valence-electron chi connectivity index (χ2n) is 7.08. The second-order valence-corrected chi connectivity index (χ2v) is 7.08. The van der Waals surface area contributed by atoms with Gasteiger partial charge in [0.25, 0.3) is 0 Å². The van der Waals surface area contributed by atoms with Gasteiger partial charge < -0.3 is 5.32 Å². The molecule has 0 aromatic heterocycles. The molecule has 2 rings (SSSR count). The van der Waals surface area contributed by atoms with Gasteiger partial charge in [0.05, 0.1) is 6.04 Å². The van der Waals surface area contributed by atoms with E-state index in [1.165, 1.54) is 24.0 Å². The van der Waals surface area contributed by atoms with Gasteiger partial charge in [-0.15, -0.1) is 0 Å². The maximum atomic E-state index is 12.1. The minimum Gasteiger partial charge on any atom is -0.349 e. The number of hydrogen-bond donors (Lipinski definition) is 1. The van der Waals surface area contributed by atoms with Crippen molar-refractivity contribution in [2.24, 2.45) is 5.92 Å². The van der Waals surface area contributed by atoms with Crippen molar-refractivity contribution in [1.82, 2.24) is 5.32 Å². The van der Waals surface area contributed by atoms with Gasteiger partial charge in [0, 0.05) is 5.92 Å². The molecule has 0 radical (unpaired) electrons. The highest BCUT2D eigenvalue weighted by molar-refractivity contribution is 5.79. The second kappa shape index (κ2) is 5.99. The first-order chi connectivity index (χ1) is 9.38. The van der Waals surface area contributed by atoms with Gasteiger partial charge in [-0.1, -0.05) is 57.9 Å². The molecule has 0 saturated heterocycles. The Balaban J connectivity index is 1.98. The van der Waals surface area contributed by atoms with Crippen LogP contribution in [0.4, 0.5) is 0 Å². The highest BCUT2D eigenvalue weighted by Crippen LogP contribution is 2.27. The zero-order valence-electron chi connectivity index (χ0n) is 13.2. The van der Waals surface area contributed by atoms with E-state index in [1.54, 1.807) is 0 Å². The third kappa shape index (κ3) is 3.62. The predicted molar refractivity (Wildman–Crippen MR) is 83.7 cm³/mol. The maximum absolute atomic E-state index is 12.1. The van der Waals surface area contributed by atoms with Gasteiger partial charge in [-0.05, 0) is 36.3 Å². The van der Waals surface area contributed by atoms with E-state index >= 15 is 0 Å². The van der Waals surface area contributed by atoms with Crippen molar-refractivity contribution in [2.75, 3.05) is 0 Å². The summed E-state index contributed by atoms with van der Waals surface area (Å²) in [4.78, 5) is 12.1. The average molecular weight is 273 g/mol. The SMILES string of the molecule is C[C@@H](NC(=O)C1CCCC1)c1ccc(C(C)(C)C)cc1. The van der Waals surface area contributed by atoms with E-state index in [1.807, 2.05) is 0 Å². The van der Waals surface area contributed by atoms with Crippen LogP contribution in [0.2, 0.25) is 0 Å². The monoisotopic (exact) mass is 273 g/mol. The molecule has 0 unspecified atom stereocenters. The number of carbonyl (C=O) groups is 1. The van der Waals surface area contributed by atoms with Gasteiger partial charge in [-0.25, -0.2) is 0 Å². The van der Waals surface area contributed by atoms with Crippen molar-refractivity contribution in [2.45, 2.75) is 64.8 Å². The van der Waals surface area contributed by atoms with Gasteiger partial charge in [0.2, 0.25) is 5.91 Å². The van der Waals surface area contributed by atoms with Crippen LogP contribution < -0.4 is 5.32 Å². The molecule has 2 nitrogen and oxygen atoms in total. The quantitative estimate of drug-likeness (QED) is 0.871. The van der Waals surface area contributed by atoms with Crippen LogP contribution >= 0.6 is 0 Å². The molecule has 0 aliphatic heterocycles. The maximum Gasteiger partial charge on any atom is 0.223 e. The number of hydrogen-bond acceptors (Lipinski definition) is 1. The molecule has 1 aromatic carbocycles. The van der Waals surface area contributed by atoms with Crippen molar-refractivity contribution < 1.29 is 4.79 Å². The molecule has 1 aromatic rings. The van der Waals surface area contributed by atoms with Crippen LogP contribution in [-0.4, -0.2) is 5.91 Å². The van der Waals surface area contributed by atoms with E-state index in [4.69, 9.17) is 0 Å². The minimum atomic E-state index is 0.0946. The molecule has 110 valence electrons. The van der Waals surface area contributed by atoms with Gasteiger partial charge in [0.1, 0.15) is 0 Å². The zero-order chi connectivity index (χ0) is 14.8. The summed E-state index contributed by atoms with van der Waals surface area (Å²) in [7, 11) is 0. The highest BCUT2D eigenvalue weighted by Gasteiger charge is 2.24. The summed E-state index contributed by atoms with van der Waals surface area (Å²) in [5, 5.41) is 3.16. The molecule has 1 atom stereocenters. The lowest BCUT2D eigenvalue weighted by Crippen LogP contribution is -2.31. The smallest absolute Gasteiger partial charge is 0.223 e. The van der Waals surface area contributed by atoms with Crippen LogP contribution in [0, 0.1) is 5.92 Å². The molecule has 1 aliphatic carbocycles. The Bertz CT molecular complexity index is 449. The Morgan fingerprint density at radius 3 is 2.20 bits per heavy atom. The fraction of sp³-hybridized carbons (Fsp3) is 0.611. The topological polar surface area (TPSA) is 29.1 Å².